The molecule has 2 N–H and O–H groups in total. The number of carbonyl (C=O) groups excluding carboxylic acids is 2. The fourth-order valence-corrected chi connectivity index (χ4v) is 2.40. The molecule has 6 nitrogen and oxygen atoms in total. The van der Waals surface area contributed by atoms with Gasteiger partial charge in [0.15, 0.2) is 0 Å². The summed E-state index contributed by atoms with van der Waals surface area (Å²) in [6, 6.07) is 0. The van der Waals surface area contributed by atoms with Crippen LogP contribution in [0.2, 0.25) is 0 Å². The van der Waals surface area contributed by atoms with Crippen LogP contribution >= 0.6 is 0 Å². The number of rotatable bonds is 4. The Balaban J connectivity index is 2.52. The molecule has 1 unspecified atom stereocenters. The van der Waals surface area contributed by atoms with E-state index in [-0.39, 0.29) is 25.0 Å². The summed E-state index contributed by atoms with van der Waals surface area (Å²) in [5.41, 5.74) is 0.608. The normalized spacial score (nSPS) is 20.6. The summed E-state index contributed by atoms with van der Waals surface area (Å²) in [6.45, 7) is 1.32. The molecule has 0 saturated heterocycles. The van der Waals surface area contributed by atoms with Crippen LogP contribution in [-0.2, 0) is 19.7 Å². The number of nitrogens with one attached hydrogen (secondary N) is 1. The fraction of sp³-hybridized carbons (Fsp3) is 0.600. The third-order valence-corrected chi connectivity index (χ3v) is 3.76. The van der Waals surface area contributed by atoms with Gasteiger partial charge in [-0.25, -0.2) is 0 Å². The first-order valence-corrected chi connectivity index (χ1v) is 6.74. The molecule has 1 rings (SSSR count). The maximum Gasteiger partial charge on any atom is 0.268 e. The number of carbonyl (C=O) groups is 2. The first-order chi connectivity index (χ1) is 7.79. The first kappa shape index (κ1) is 13.9. The van der Waals surface area contributed by atoms with E-state index < -0.39 is 21.3 Å². The standard InChI is InChI=1S/C10H15NO5S/c1-7(12)6-10(13)11-8-2-4-9(5-3-8)17(14,15)16/h2,9H,3-6H2,1H3,(H,11,13)(H,14,15,16). The van der Waals surface area contributed by atoms with E-state index >= 15 is 0 Å². The monoisotopic (exact) mass is 261 g/mol. The van der Waals surface area contributed by atoms with E-state index in [0.717, 1.165) is 0 Å². The van der Waals surface area contributed by atoms with Crippen LogP contribution in [0.15, 0.2) is 11.8 Å². The van der Waals surface area contributed by atoms with Crippen molar-refractivity contribution in [2.75, 3.05) is 0 Å². The molecule has 0 aliphatic heterocycles. The lowest BCUT2D eigenvalue weighted by molar-refractivity contribution is -0.126. The van der Waals surface area contributed by atoms with Gasteiger partial charge in [0.1, 0.15) is 5.78 Å². The highest BCUT2D eigenvalue weighted by molar-refractivity contribution is 7.86. The third-order valence-electron chi connectivity index (χ3n) is 2.49. The average Bonchev–Trinajstić information content (AvgIpc) is 2.15. The molecule has 1 aliphatic carbocycles. The van der Waals surface area contributed by atoms with Crippen molar-refractivity contribution >= 4 is 21.8 Å². The SMILES string of the molecule is CC(=O)CC(=O)NC1=CCC(S(=O)(=O)O)CC1. The van der Waals surface area contributed by atoms with Crippen LogP contribution in [0.3, 0.4) is 0 Å². The molecule has 1 amide bonds. The fourth-order valence-electron chi connectivity index (χ4n) is 1.64. The lowest BCUT2D eigenvalue weighted by atomic mass is 10.0. The summed E-state index contributed by atoms with van der Waals surface area (Å²) in [5.74, 6) is -0.622. The Kier molecular flexibility index (Phi) is 4.41. The Labute approximate surface area is 99.8 Å². The molecular formula is C10H15NO5S. The molecule has 1 atom stereocenters. The zero-order valence-corrected chi connectivity index (χ0v) is 10.3. The Morgan fingerprint density at radius 2 is 2.18 bits per heavy atom. The van der Waals surface area contributed by atoms with Crippen molar-refractivity contribution in [2.45, 2.75) is 37.9 Å². The van der Waals surface area contributed by atoms with E-state index in [2.05, 4.69) is 5.32 Å². The van der Waals surface area contributed by atoms with Gasteiger partial charge in [-0.15, -0.1) is 0 Å². The van der Waals surface area contributed by atoms with Crippen molar-refractivity contribution in [2.24, 2.45) is 0 Å². The predicted octanol–water partition coefficient (Wildman–Crippen LogP) is 0.406. The van der Waals surface area contributed by atoms with E-state index in [1.165, 1.54) is 6.92 Å². The molecular weight excluding hydrogens is 246 g/mol. The largest absolute Gasteiger partial charge is 0.330 e. The first-order valence-electron chi connectivity index (χ1n) is 5.23. The Bertz CT molecular complexity index is 451. The van der Waals surface area contributed by atoms with Gasteiger partial charge in [0.25, 0.3) is 10.1 Å². The van der Waals surface area contributed by atoms with Crippen molar-refractivity contribution in [3.63, 3.8) is 0 Å². The number of amides is 1. The second-order valence-corrected chi connectivity index (χ2v) is 5.76. The quantitative estimate of drug-likeness (QED) is 0.563. The predicted molar refractivity (Wildman–Crippen MR) is 60.7 cm³/mol. The molecule has 0 bridgehead atoms. The average molecular weight is 261 g/mol. The maximum absolute atomic E-state index is 11.3. The highest BCUT2D eigenvalue weighted by atomic mass is 32.2. The minimum Gasteiger partial charge on any atom is -0.330 e. The smallest absolute Gasteiger partial charge is 0.268 e. The second kappa shape index (κ2) is 5.42. The Morgan fingerprint density at radius 3 is 2.59 bits per heavy atom. The third kappa shape index (κ3) is 4.66. The lowest BCUT2D eigenvalue weighted by Crippen LogP contribution is -2.29. The highest BCUT2D eigenvalue weighted by Crippen LogP contribution is 2.21. The van der Waals surface area contributed by atoms with Gasteiger partial charge in [-0.1, -0.05) is 6.08 Å². The summed E-state index contributed by atoms with van der Waals surface area (Å²) < 4.78 is 30.6. The van der Waals surface area contributed by atoms with Gasteiger partial charge >= 0.3 is 0 Å². The van der Waals surface area contributed by atoms with Crippen molar-refractivity contribution in [3.8, 4) is 0 Å². The zero-order chi connectivity index (χ0) is 13.1. The minimum absolute atomic E-state index is 0.175. The van der Waals surface area contributed by atoms with Gasteiger partial charge in [0.05, 0.1) is 11.7 Å². The maximum atomic E-state index is 11.3. The molecule has 1 aliphatic rings. The van der Waals surface area contributed by atoms with Crippen LogP contribution in [0, 0.1) is 0 Å². The second-order valence-electron chi connectivity index (χ2n) is 4.07. The van der Waals surface area contributed by atoms with E-state index in [1.807, 2.05) is 0 Å². The van der Waals surface area contributed by atoms with Gasteiger partial charge in [-0.3, -0.25) is 14.1 Å². The topological polar surface area (TPSA) is 101 Å². The van der Waals surface area contributed by atoms with E-state index in [4.69, 9.17) is 4.55 Å². The molecule has 0 fully saturated rings. The van der Waals surface area contributed by atoms with Gasteiger partial charge in [0.2, 0.25) is 5.91 Å². The molecule has 0 saturated carbocycles. The summed E-state index contributed by atoms with van der Waals surface area (Å²) in [4.78, 5) is 21.9. The molecule has 0 aromatic carbocycles. The minimum atomic E-state index is -4.01. The molecule has 0 aromatic heterocycles. The molecule has 0 heterocycles. The summed E-state index contributed by atoms with van der Waals surface area (Å²) in [6.07, 6.45) is 2.20. The molecule has 0 radical (unpaired) electrons. The van der Waals surface area contributed by atoms with Gasteiger partial charge in [0, 0.05) is 5.70 Å². The molecule has 7 heteroatoms. The van der Waals surface area contributed by atoms with E-state index in [0.29, 0.717) is 12.1 Å². The number of Topliss-reactive ketones (excluding diaryl/α,β-unsaturated/α-hetero) is 1. The van der Waals surface area contributed by atoms with Crippen LogP contribution in [0.1, 0.15) is 32.6 Å². The Morgan fingerprint density at radius 1 is 1.53 bits per heavy atom. The number of hydrogen-bond acceptors (Lipinski definition) is 4. The van der Waals surface area contributed by atoms with Gasteiger partial charge in [-0.05, 0) is 26.2 Å². The number of ketones is 1. The van der Waals surface area contributed by atoms with Crippen molar-refractivity contribution in [1.29, 1.82) is 0 Å². The van der Waals surface area contributed by atoms with E-state index in [9.17, 15) is 18.0 Å². The summed E-state index contributed by atoms with van der Waals surface area (Å²) >= 11 is 0. The van der Waals surface area contributed by atoms with Crippen LogP contribution in [-0.4, -0.2) is 29.9 Å². The molecule has 0 spiro atoms. The van der Waals surface area contributed by atoms with Crippen LogP contribution in [0.5, 0.6) is 0 Å². The zero-order valence-electron chi connectivity index (χ0n) is 9.47. The summed E-state index contributed by atoms with van der Waals surface area (Å²) in [7, 11) is -4.01. The lowest BCUT2D eigenvalue weighted by Gasteiger charge is -2.19. The van der Waals surface area contributed by atoms with Crippen molar-refractivity contribution in [1.82, 2.24) is 5.32 Å². The van der Waals surface area contributed by atoms with Crippen LogP contribution in [0.25, 0.3) is 0 Å². The molecule has 17 heavy (non-hydrogen) atoms. The number of allylic oxidation sites excluding steroid dienone is 2. The Hall–Kier alpha value is -1.21. The van der Waals surface area contributed by atoms with Crippen molar-refractivity contribution in [3.05, 3.63) is 11.8 Å². The van der Waals surface area contributed by atoms with Crippen LogP contribution < -0.4 is 5.32 Å². The van der Waals surface area contributed by atoms with E-state index in [1.54, 1.807) is 6.08 Å². The molecule has 96 valence electrons. The summed E-state index contributed by atoms with van der Waals surface area (Å²) in [5, 5.41) is 1.75. The highest BCUT2D eigenvalue weighted by Gasteiger charge is 2.25. The van der Waals surface area contributed by atoms with Crippen molar-refractivity contribution < 1.29 is 22.6 Å². The van der Waals surface area contributed by atoms with Gasteiger partial charge < -0.3 is 5.32 Å². The number of hydrogen-bond donors (Lipinski definition) is 2. The van der Waals surface area contributed by atoms with Crippen LogP contribution in [0.4, 0.5) is 0 Å². The molecule has 0 aromatic rings. The van der Waals surface area contributed by atoms with Gasteiger partial charge in [-0.2, -0.15) is 8.42 Å².